The Bertz CT molecular complexity index is 1020. The van der Waals surface area contributed by atoms with E-state index in [0.717, 1.165) is 46.2 Å². The van der Waals surface area contributed by atoms with Gasteiger partial charge in [0.15, 0.2) is 6.29 Å². The molecular weight excluding hydrogens is 358 g/mol. The zero-order valence-electron chi connectivity index (χ0n) is 19.0. The van der Waals surface area contributed by atoms with E-state index >= 15 is 0 Å². The van der Waals surface area contributed by atoms with Crippen molar-refractivity contribution < 1.29 is 9.53 Å². The number of pyridine rings is 1. The molecule has 3 aromatic rings. The van der Waals surface area contributed by atoms with Crippen LogP contribution in [-0.4, -0.2) is 17.8 Å². The summed E-state index contributed by atoms with van der Waals surface area (Å²) in [4.78, 5) is 12.1. The summed E-state index contributed by atoms with van der Waals surface area (Å²) in [6.07, 6.45) is 3.98. The van der Waals surface area contributed by atoms with E-state index in [1.165, 1.54) is 5.56 Å². The fraction of sp³-hybridized carbons (Fsp3) is 0.423. The highest BCUT2D eigenvalue weighted by Gasteiger charge is 2.28. The number of fused-ring (bicyclic) bond motifs is 1. The molecule has 0 saturated heterocycles. The van der Waals surface area contributed by atoms with Gasteiger partial charge < -0.3 is 9.14 Å². The first-order chi connectivity index (χ1) is 13.5. The first-order valence-electron chi connectivity index (χ1n) is 10.3. The first-order valence-corrected chi connectivity index (χ1v) is 10.3. The summed E-state index contributed by atoms with van der Waals surface area (Å²) < 4.78 is 7.90. The maximum Gasteiger partial charge on any atom is 0.167 e. The number of ether oxygens (including phenoxy) is 1. The lowest BCUT2D eigenvalue weighted by Crippen LogP contribution is -2.19. The van der Waals surface area contributed by atoms with Crippen molar-refractivity contribution in [1.29, 1.82) is 0 Å². The number of aryl methyl sites for hydroxylation is 1. The van der Waals surface area contributed by atoms with Gasteiger partial charge in [0.25, 0.3) is 0 Å². The number of aromatic nitrogens is 1. The fourth-order valence-electron chi connectivity index (χ4n) is 3.91. The Hall–Kier alpha value is -2.55. The van der Waals surface area contributed by atoms with E-state index in [-0.39, 0.29) is 10.8 Å². The fourth-order valence-corrected chi connectivity index (χ4v) is 3.91. The number of aldehydes is 1. The smallest absolute Gasteiger partial charge is 0.167 e. The van der Waals surface area contributed by atoms with Crippen LogP contribution >= 0.6 is 0 Å². The van der Waals surface area contributed by atoms with E-state index in [2.05, 4.69) is 85.0 Å². The average molecular weight is 392 g/mol. The predicted molar refractivity (Wildman–Crippen MR) is 122 cm³/mol. The number of carbonyl (C=O) groups is 1. The monoisotopic (exact) mass is 391 g/mol. The van der Waals surface area contributed by atoms with Gasteiger partial charge in [-0.15, -0.1) is 0 Å². The average Bonchev–Trinajstić information content (AvgIpc) is 3.02. The zero-order valence-corrected chi connectivity index (χ0v) is 19.0. The topological polar surface area (TPSA) is 30.7 Å². The minimum atomic E-state index is -0.0861. The molecule has 2 aromatic heterocycles. The second-order valence-electron chi connectivity index (χ2n) is 9.85. The lowest BCUT2D eigenvalue weighted by atomic mass is 9.77. The van der Waals surface area contributed by atoms with Crippen LogP contribution < -0.4 is 4.74 Å². The second kappa shape index (κ2) is 7.37. The maximum atomic E-state index is 12.1. The van der Waals surface area contributed by atoms with E-state index < -0.39 is 0 Å². The summed E-state index contributed by atoms with van der Waals surface area (Å²) in [6, 6.07) is 10.7. The van der Waals surface area contributed by atoms with Gasteiger partial charge in [0.1, 0.15) is 5.75 Å². The third-order valence-corrected chi connectivity index (χ3v) is 5.61. The van der Waals surface area contributed by atoms with Gasteiger partial charge in [-0.3, -0.25) is 4.79 Å². The Morgan fingerprint density at radius 1 is 0.966 bits per heavy atom. The molecule has 0 radical (unpaired) electrons. The highest BCUT2D eigenvalue weighted by Crippen LogP contribution is 2.43. The first kappa shape index (κ1) is 21.2. The van der Waals surface area contributed by atoms with Gasteiger partial charge >= 0.3 is 0 Å². The number of methoxy groups -OCH3 is 1. The molecule has 0 bridgehead atoms. The summed E-state index contributed by atoms with van der Waals surface area (Å²) in [5, 5.41) is 0. The number of hydrogen-bond acceptors (Lipinski definition) is 2. The van der Waals surface area contributed by atoms with Crippen molar-refractivity contribution in [2.24, 2.45) is 0 Å². The standard InChI is InChI=1S/C26H33NO2/c1-9-17-10-11-19-14-20(23(16-28)27(19)15-17)18-12-21(25(2,3)4)24(29-8)22(13-18)26(5,6)7/h10-16H,9H2,1-8H3. The van der Waals surface area contributed by atoms with E-state index in [9.17, 15) is 4.79 Å². The molecule has 29 heavy (non-hydrogen) atoms. The van der Waals surface area contributed by atoms with E-state index in [1.54, 1.807) is 7.11 Å². The van der Waals surface area contributed by atoms with Crippen molar-refractivity contribution in [3.63, 3.8) is 0 Å². The Balaban J connectivity index is 2.38. The van der Waals surface area contributed by atoms with Crippen LogP contribution in [0.1, 0.15) is 75.6 Å². The predicted octanol–water partition coefficient (Wildman–Crippen LogP) is 6.58. The van der Waals surface area contributed by atoms with Crippen molar-refractivity contribution in [3.8, 4) is 16.9 Å². The van der Waals surface area contributed by atoms with Crippen LogP contribution in [0.4, 0.5) is 0 Å². The Morgan fingerprint density at radius 3 is 2.00 bits per heavy atom. The van der Waals surface area contributed by atoms with Crippen LogP contribution in [0, 0.1) is 0 Å². The third-order valence-electron chi connectivity index (χ3n) is 5.61. The van der Waals surface area contributed by atoms with Gasteiger partial charge in [-0.05, 0) is 52.6 Å². The molecule has 1 aromatic carbocycles. The van der Waals surface area contributed by atoms with Crippen LogP contribution in [0.3, 0.4) is 0 Å². The molecule has 3 heteroatoms. The molecule has 0 aliphatic carbocycles. The van der Waals surface area contributed by atoms with Crippen LogP contribution in [0.5, 0.6) is 5.75 Å². The number of hydrogen-bond donors (Lipinski definition) is 0. The lowest BCUT2D eigenvalue weighted by molar-refractivity contribution is 0.111. The van der Waals surface area contributed by atoms with E-state index in [0.29, 0.717) is 5.69 Å². The van der Waals surface area contributed by atoms with Gasteiger partial charge in [0.2, 0.25) is 0 Å². The summed E-state index contributed by atoms with van der Waals surface area (Å²) >= 11 is 0. The minimum Gasteiger partial charge on any atom is -0.496 e. The van der Waals surface area contributed by atoms with Gasteiger partial charge in [0.05, 0.1) is 12.8 Å². The quantitative estimate of drug-likeness (QED) is 0.470. The van der Waals surface area contributed by atoms with Gasteiger partial charge in [-0.2, -0.15) is 0 Å². The molecule has 0 saturated carbocycles. The highest BCUT2D eigenvalue weighted by molar-refractivity contribution is 5.90. The number of benzene rings is 1. The molecular formula is C26H33NO2. The maximum absolute atomic E-state index is 12.1. The summed E-state index contributed by atoms with van der Waals surface area (Å²) in [6.45, 7) is 15.3. The largest absolute Gasteiger partial charge is 0.496 e. The molecule has 3 rings (SSSR count). The zero-order chi connectivity index (χ0) is 21.6. The van der Waals surface area contributed by atoms with Crippen LogP contribution in [0.2, 0.25) is 0 Å². The molecule has 0 unspecified atom stereocenters. The van der Waals surface area contributed by atoms with Crippen molar-refractivity contribution in [1.82, 2.24) is 4.40 Å². The Kier molecular flexibility index (Phi) is 5.38. The normalized spacial score (nSPS) is 12.4. The van der Waals surface area contributed by atoms with Gasteiger partial charge in [-0.25, -0.2) is 0 Å². The second-order valence-corrected chi connectivity index (χ2v) is 9.85. The summed E-state index contributed by atoms with van der Waals surface area (Å²) in [5.41, 5.74) is 7.10. The lowest BCUT2D eigenvalue weighted by Gasteiger charge is -2.30. The van der Waals surface area contributed by atoms with E-state index in [4.69, 9.17) is 4.74 Å². The Labute approximate surface area is 174 Å². The molecule has 0 amide bonds. The SMILES string of the molecule is CCc1ccc2cc(-c3cc(C(C)(C)C)c(OC)c(C(C)(C)C)c3)c(C=O)n2c1. The molecule has 0 aliphatic rings. The molecule has 0 aliphatic heterocycles. The van der Waals surface area contributed by atoms with Crippen molar-refractivity contribution in [3.05, 3.63) is 58.9 Å². The van der Waals surface area contributed by atoms with Crippen molar-refractivity contribution >= 4 is 11.8 Å². The molecule has 0 atom stereocenters. The molecule has 0 N–H and O–H groups in total. The molecule has 154 valence electrons. The summed E-state index contributed by atoms with van der Waals surface area (Å²) in [7, 11) is 1.75. The summed E-state index contributed by atoms with van der Waals surface area (Å²) in [5.74, 6) is 0.943. The molecule has 3 nitrogen and oxygen atoms in total. The van der Waals surface area contributed by atoms with Crippen molar-refractivity contribution in [2.75, 3.05) is 7.11 Å². The highest BCUT2D eigenvalue weighted by atomic mass is 16.5. The number of nitrogens with zero attached hydrogens (tertiary/aromatic N) is 1. The molecule has 2 heterocycles. The Morgan fingerprint density at radius 2 is 1.55 bits per heavy atom. The minimum absolute atomic E-state index is 0.0861. The van der Waals surface area contributed by atoms with Crippen LogP contribution in [0.15, 0.2) is 36.5 Å². The van der Waals surface area contributed by atoms with Gasteiger partial charge in [-0.1, -0.05) is 54.5 Å². The molecule has 0 fully saturated rings. The van der Waals surface area contributed by atoms with Crippen LogP contribution in [-0.2, 0) is 17.3 Å². The van der Waals surface area contributed by atoms with E-state index in [1.807, 2.05) is 4.40 Å². The van der Waals surface area contributed by atoms with Crippen molar-refractivity contribution in [2.45, 2.75) is 65.7 Å². The number of carbonyl (C=O) groups excluding carboxylic acids is 1. The number of rotatable bonds is 4. The van der Waals surface area contributed by atoms with Gasteiger partial charge in [0, 0.05) is 28.4 Å². The third kappa shape index (κ3) is 3.83. The molecule has 0 spiro atoms. The van der Waals surface area contributed by atoms with Crippen LogP contribution in [0.25, 0.3) is 16.6 Å².